The van der Waals surface area contributed by atoms with Gasteiger partial charge in [-0.1, -0.05) is 30.3 Å². The Balaban J connectivity index is 1.47. The molecule has 6 nitrogen and oxygen atoms in total. The van der Waals surface area contributed by atoms with Gasteiger partial charge in [-0.15, -0.1) is 0 Å². The molecule has 0 N–H and O–H groups in total. The van der Waals surface area contributed by atoms with Gasteiger partial charge in [0.2, 0.25) is 10.0 Å². The first-order chi connectivity index (χ1) is 14.3. The van der Waals surface area contributed by atoms with Gasteiger partial charge in [0.05, 0.1) is 28.5 Å². The summed E-state index contributed by atoms with van der Waals surface area (Å²) in [6.45, 7) is 6.06. The molecule has 3 aromatic rings. The summed E-state index contributed by atoms with van der Waals surface area (Å²) in [5.41, 5.74) is 4.63. The second-order valence-corrected chi connectivity index (χ2v) is 9.50. The lowest BCUT2D eigenvalue weighted by Crippen LogP contribution is -2.49. The molecule has 0 saturated carbocycles. The molecule has 0 bridgehead atoms. The minimum absolute atomic E-state index is 0.114. The van der Waals surface area contributed by atoms with Gasteiger partial charge in [-0.25, -0.2) is 17.5 Å². The fraction of sp³-hybridized carbons (Fsp3) is 0.318. The van der Waals surface area contributed by atoms with Crippen LogP contribution in [0.15, 0.2) is 54.6 Å². The molecule has 1 aliphatic heterocycles. The molecule has 30 heavy (non-hydrogen) atoms. The maximum Gasteiger partial charge on any atom is 0.218 e. The predicted octanol–water partition coefficient (Wildman–Crippen LogP) is 3.28. The zero-order chi connectivity index (χ0) is 21.3. The van der Waals surface area contributed by atoms with Gasteiger partial charge in [-0.05, 0) is 43.7 Å². The van der Waals surface area contributed by atoms with Crippen LogP contribution in [0, 0.1) is 19.7 Å². The van der Waals surface area contributed by atoms with Crippen molar-refractivity contribution in [3.63, 3.8) is 0 Å². The third-order valence-corrected chi connectivity index (χ3v) is 7.31. The van der Waals surface area contributed by atoms with Gasteiger partial charge in [0.1, 0.15) is 5.82 Å². The van der Waals surface area contributed by atoms with E-state index in [0.29, 0.717) is 31.7 Å². The van der Waals surface area contributed by atoms with Crippen LogP contribution in [0.25, 0.3) is 5.69 Å². The molecule has 2 aromatic carbocycles. The minimum Gasteiger partial charge on any atom is -0.366 e. The number of nitrogens with zero attached hydrogens (tertiary/aromatic N) is 4. The number of benzene rings is 2. The maximum absolute atomic E-state index is 13.1. The average Bonchev–Trinajstić information content (AvgIpc) is 3.04. The van der Waals surface area contributed by atoms with E-state index < -0.39 is 10.0 Å². The lowest BCUT2D eigenvalue weighted by Gasteiger charge is -2.35. The molecule has 158 valence electrons. The van der Waals surface area contributed by atoms with Gasteiger partial charge < -0.3 is 4.90 Å². The molecule has 2 heterocycles. The first-order valence-electron chi connectivity index (χ1n) is 9.94. The van der Waals surface area contributed by atoms with Crippen LogP contribution in [-0.4, -0.2) is 48.7 Å². The van der Waals surface area contributed by atoms with E-state index in [9.17, 15) is 12.8 Å². The fourth-order valence-electron chi connectivity index (χ4n) is 3.99. The summed E-state index contributed by atoms with van der Waals surface area (Å²) < 4.78 is 42.1. The Morgan fingerprint density at radius 3 is 2.20 bits per heavy atom. The Kier molecular flexibility index (Phi) is 5.62. The van der Waals surface area contributed by atoms with Crippen molar-refractivity contribution in [1.82, 2.24) is 14.1 Å². The van der Waals surface area contributed by atoms with Crippen LogP contribution in [0.3, 0.4) is 0 Å². The van der Waals surface area contributed by atoms with Crippen LogP contribution in [-0.2, 0) is 15.8 Å². The Bertz CT molecular complexity index is 1120. The third-order valence-electron chi connectivity index (χ3n) is 5.46. The highest BCUT2D eigenvalue weighted by Gasteiger charge is 2.29. The molecule has 4 rings (SSSR count). The third kappa shape index (κ3) is 4.11. The van der Waals surface area contributed by atoms with E-state index in [2.05, 4.69) is 4.90 Å². The van der Waals surface area contributed by atoms with Crippen LogP contribution in [0.5, 0.6) is 0 Å². The van der Waals surface area contributed by atoms with E-state index in [4.69, 9.17) is 5.10 Å². The standard InChI is InChI=1S/C22H25FN4O2S/c1-17-22(18(2)27(24-17)21-6-4-3-5-7-21)25-12-14-26(15-13-25)30(28,29)16-19-8-10-20(23)11-9-19/h3-11H,12-16H2,1-2H3. The highest BCUT2D eigenvalue weighted by molar-refractivity contribution is 7.88. The summed E-state index contributed by atoms with van der Waals surface area (Å²) in [4.78, 5) is 2.21. The number of sulfonamides is 1. The Morgan fingerprint density at radius 1 is 0.933 bits per heavy atom. The highest BCUT2D eigenvalue weighted by Crippen LogP contribution is 2.28. The number of hydrogen-bond acceptors (Lipinski definition) is 4. The van der Waals surface area contributed by atoms with Crippen LogP contribution in [0.4, 0.5) is 10.1 Å². The van der Waals surface area contributed by atoms with Crippen molar-refractivity contribution in [1.29, 1.82) is 0 Å². The lowest BCUT2D eigenvalue weighted by molar-refractivity contribution is 0.384. The minimum atomic E-state index is -3.45. The normalized spacial score (nSPS) is 15.5. The van der Waals surface area contributed by atoms with E-state index in [1.807, 2.05) is 48.9 Å². The molecular formula is C22H25FN4O2S. The molecule has 0 atom stereocenters. The van der Waals surface area contributed by atoms with Crippen LogP contribution < -0.4 is 4.90 Å². The maximum atomic E-state index is 13.1. The second-order valence-electron chi connectivity index (χ2n) is 7.54. The van der Waals surface area contributed by atoms with Crippen molar-refractivity contribution in [2.45, 2.75) is 19.6 Å². The number of anilines is 1. The Labute approximate surface area is 176 Å². The summed E-state index contributed by atoms with van der Waals surface area (Å²) in [6, 6.07) is 15.6. The van der Waals surface area contributed by atoms with Crippen molar-refractivity contribution < 1.29 is 12.8 Å². The van der Waals surface area contributed by atoms with Crippen LogP contribution in [0.1, 0.15) is 17.0 Å². The zero-order valence-corrected chi connectivity index (χ0v) is 17.9. The summed E-state index contributed by atoms with van der Waals surface area (Å²) in [7, 11) is -3.45. The zero-order valence-electron chi connectivity index (χ0n) is 17.1. The van der Waals surface area contributed by atoms with E-state index in [1.54, 1.807) is 0 Å². The molecule has 0 radical (unpaired) electrons. The van der Waals surface area contributed by atoms with Gasteiger partial charge in [0.15, 0.2) is 0 Å². The molecule has 0 aliphatic carbocycles. The number of halogens is 1. The molecule has 1 aliphatic rings. The van der Waals surface area contributed by atoms with E-state index >= 15 is 0 Å². The molecule has 1 saturated heterocycles. The van der Waals surface area contributed by atoms with E-state index in [0.717, 1.165) is 22.8 Å². The monoisotopic (exact) mass is 428 g/mol. The van der Waals surface area contributed by atoms with Gasteiger partial charge >= 0.3 is 0 Å². The van der Waals surface area contributed by atoms with Crippen LogP contribution >= 0.6 is 0 Å². The van der Waals surface area contributed by atoms with Gasteiger partial charge in [-0.3, -0.25) is 0 Å². The topological polar surface area (TPSA) is 58.4 Å². The SMILES string of the molecule is Cc1nn(-c2ccccc2)c(C)c1N1CCN(S(=O)(=O)Cc2ccc(F)cc2)CC1. The highest BCUT2D eigenvalue weighted by atomic mass is 32.2. The van der Waals surface area contributed by atoms with Gasteiger partial charge in [0, 0.05) is 26.2 Å². The van der Waals surface area contributed by atoms with Gasteiger partial charge in [0.25, 0.3) is 0 Å². The molecule has 0 spiro atoms. The molecule has 0 amide bonds. The number of rotatable bonds is 5. The summed E-state index contributed by atoms with van der Waals surface area (Å²) in [5.74, 6) is -0.483. The average molecular weight is 429 g/mol. The number of para-hydroxylation sites is 1. The van der Waals surface area contributed by atoms with Crippen LogP contribution in [0.2, 0.25) is 0 Å². The summed E-state index contributed by atoms with van der Waals surface area (Å²) >= 11 is 0. The van der Waals surface area contributed by atoms with Crippen molar-refractivity contribution in [3.8, 4) is 5.69 Å². The van der Waals surface area contributed by atoms with Crippen molar-refractivity contribution in [3.05, 3.63) is 77.4 Å². The van der Waals surface area contributed by atoms with Gasteiger partial charge in [-0.2, -0.15) is 9.40 Å². The molecule has 1 aromatic heterocycles. The fourth-order valence-corrected chi connectivity index (χ4v) is 5.50. The van der Waals surface area contributed by atoms with Crippen molar-refractivity contribution in [2.75, 3.05) is 31.1 Å². The number of piperazine rings is 1. The molecule has 1 fully saturated rings. The number of hydrogen-bond donors (Lipinski definition) is 0. The smallest absolute Gasteiger partial charge is 0.218 e. The quantitative estimate of drug-likeness (QED) is 0.626. The lowest BCUT2D eigenvalue weighted by atomic mass is 10.2. The number of aryl methyl sites for hydroxylation is 1. The second kappa shape index (κ2) is 8.20. The predicted molar refractivity (Wildman–Crippen MR) is 116 cm³/mol. The van der Waals surface area contributed by atoms with Crippen molar-refractivity contribution in [2.24, 2.45) is 0 Å². The molecular weight excluding hydrogens is 403 g/mol. The summed E-state index contributed by atoms with van der Waals surface area (Å²) in [6.07, 6.45) is 0. The first-order valence-corrected chi connectivity index (χ1v) is 11.5. The molecule has 0 unspecified atom stereocenters. The first kappa shape index (κ1) is 20.6. The van der Waals surface area contributed by atoms with Crippen molar-refractivity contribution >= 4 is 15.7 Å². The number of aromatic nitrogens is 2. The van der Waals surface area contributed by atoms with E-state index in [-0.39, 0.29) is 11.6 Å². The van der Waals surface area contributed by atoms with E-state index in [1.165, 1.54) is 28.6 Å². The molecule has 8 heteroatoms. The summed E-state index contributed by atoms with van der Waals surface area (Å²) in [5, 5.41) is 4.70. The Hall–Kier alpha value is -2.71. The Morgan fingerprint density at radius 2 is 1.57 bits per heavy atom. The largest absolute Gasteiger partial charge is 0.366 e.